The zero-order valence-electron chi connectivity index (χ0n) is 12.6. The predicted octanol–water partition coefficient (Wildman–Crippen LogP) is 2.77. The molecular formula is C16H16FN3O2S. The largest absolute Gasteiger partial charge is 0.496 e. The van der Waals surface area contributed by atoms with E-state index in [9.17, 15) is 9.18 Å². The second-order valence-corrected chi connectivity index (χ2v) is 5.15. The van der Waals surface area contributed by atoms with Gasteiger partial charge in [0.25, 0.3) is 5.91 Å². The first-order valence-electron chi connectivity index (χ1n) is 6.77. The molecule has 0 aliphatic carbocycles. The molecule has 0 unspecified atom stereocenters. The maximum Gasteiger partial charge on any atom is 0.273 e. The zero-order valence-corrected chi connectivity index (χ0v) is 13.5. The van der Waals surface area contributed by atoms with Crippen LogP contribution in [-0.2, 0) is 0 Å². The van der Waals surface area contributed by atoms with E-state index in [0.717, 1.165) is 5.56 Å². The van der Waals surface area contributed by atoms with E-state index >= 15 is 0 Å². The lowest BCUT2D eigenvalue weighted by atomic mass is 10.1. The van der Waals surface area contributed by atoms with Gasteiger partial charge in [-0.2, -0.15) is 0 Å². The van der Waals surface area contributed by atoms with Gasteiger partial charge in [-0.05, 0) is 55.5 Å². The van der Waals surface area contributed by atoms with Crippen LogP contribution in [0.2, 0.25) is 0 Å². The van der Waals surface area contributed by atoms with Crippen LogP contribution in [-0.4, -0.2) is 18.1 Å². The lowest BCUT2D eigenvalue weighted by Gasteiger charge is -2.13. The Kier molecular flexibility index (Phi) is 5.48. The van der Waals surface area contributed by atoms with Crippen molar-refractivity contribution in [1.29, 1.82) is 0 Å². The maximum atomic E-state index is 12.8. The van der Waals surface area contributed by atoms with Crippen molar-refractivity contribution in [1.82, 2.24) is 10.9 Å². The molecule has 3 N–H and O–H groups in total. The first kappa shape index (κ1) is 16.7. The molecule has 0 aliphatic rings. The molecule has 1 amide bonds. The van der Waals surface area contributed by atoms with E-state index in [1.54, 1.807) is 12.1 Å². The summed E-state index contributed by atoms with van der Waals surface area (Å²) in [5.41, 5.74) is 7.00. The minimum atomic E-state index is -0.381. The fourth-order valence-electron chi connectivity index (χ4n) is 1.88. The third-order valence-corrected chi connectivity index (χ3v) is 3.20. The minimum absolute atomic E-state index is 0.177. The number of anilines is 1. The smallest absolute Gasteiger partial charge is 0.273 e. The van der Waals surface area contributed by atoms with Gasteiger partial charge >= 0.3 is 0 Å². The topological polar surface area (TPSA) is 62.4 Å². The quantitative estimate of drug-likeness (QED) is 0.595. The molecule has 120 valence electrons. The summed E-state index contributed by atoms with van der Waals surface area (Å²) in [7, 11) is 1.50. The monoisotopic (exact) mass is 333 g/mol. The molecule has 0 saturated carbocycles. The number of halogens is 1. The molecule has 0 aromatic heterocycles. The van der Waals surface area contributed by atoms with Crippen LogP contribution >= 0.6 is 12.2 Å². The summed E-state index contributed by atoms with van der Waals surface area (Å²) in [5, 5.41) is 3.00. The second kappa shape index (κ2) is 7.55. The fourth-order valence-corrected chi connectivity index (χ4v) is 2.04. The Labute approximate surface area is 138 Å². The van der Waals surface area contributed by atoms with E-state index in [4.69, 9.17) is 17.0 Å². The molecule has 0 fully saturated rings. The van der Waals surface area contributed by atoms with Crippen LogP contribution < -0.4 is 20.9 Å². The van der Waals surface area contributed by atoms with Gasteiger partial charge in [0, 0.05) is 5.69 Å². The van der Waals surface area contributed by atoms with E-state index in [2.05, 4.69) is 16.2 Å². The van der Waals surface area contributed by atoms with Crippen LogP contribution in [0.5, 0.6) is 5.75 Å². The number of benzene rings is 2. The summed E-state index contributed by atoms with van der Waals surface area (Å²) < 4.78 is 18.0. The molecule has 0 spiro atoms. The Morgan fingerprint density at radius 1 is 1.13 bits per heavy atom. The van der Waals surface area contributed by atoms with Crippen molar-refractivity contribution in [2.24, 2.45) is 0 Å². The third kappa shape index (κ3) is 4.65. The number of carbonyl (C=O) groups is 1. The molecule has 23 heavy (non-hydrogen) atoms. The van der Waals surface area contributed by atoms with Gasteiger partial charge in [-0.25, -0.2) is 4.39 Å². The Balaban J connectivity index is 1.95. The number of amides is 1. The standard InChI is InChI=1S/C16H16FN3O2S/c1-10-3-8-14(22-2)13(9-10)15(21)19-20-16(23)18-12-6-4-11(17)5-7-12/h3-9H,1-2H3,(H,19,21)(H2,18,20,23). The van der Waals surface area contributed by atoms with Crippen molar-refractivity contribution in [2.75, 3.05) is 12.4 Å². The lowest BCUT2D eigenvalue weighted by Crippen LogP contribution is -2.43. The molecule has 0 atom stereocenters. The molecule has 2 aromatic rings. The van der Waals surface area contributed by atoms with Gasteiger partial charge in [-0.1, -0.05) is 11.6 Å². The van der Waals surface area contributed by atoms with E-state index < -0.39 is 0 Å². The average Bonchev–Trinajstić information content (AvgIpc) is 2.54. The molecule has 7 heteroatoms. The van der Waals surface area contributed by atoms with Crippen LogP contribution in [0, 0.1) is 12.7 Å². The zero-order chi connectivity index (χ0) is 16.8. The molecule has 2 rings (SSSR count). The molecule has 5 nitrogen and oxygen atoms in total. The number of hydrazine groups is 1. The van der Waals surface area contributed by atoms with E-state index in [-0.39, 0.29) is 16.8 Å². The number of methoxy groups -OCH3 is 1. The van der Waals surface area contributed by atoms with Crippen molar-refractivity contribution in [3.63, 3.8) is 0 Å². The molecule has 0 aliphatic heterocycles. The Morgan fingerprint density at radius 3 is 2.48 bits per heavy atom. The molecular weight excluding hydrogens is 317 g/mol. The Hall–Kier alpha value is -2.67. The normalized spacial score (nSPS) is 9.87. The van der Waals surface area contributed by atoms with Gasteiger partial charge < -0.3 is 10.1 Å². The molecule has 0 heterocycles. The van der Waals surface area contributed by atoms with Crippen LogP contribution in [0.4, 0.5) is 10.1 Å². The molecule has 0 bridgehead atoms. The van der Waals surface area contributed by atoms with Gasteiger partial charge in [0.2, 0.25) is 0 Å². The Morgan fingerprint density at radius 2 is 1.83 bits per heavy atom. The van der Waals surface area contributed by atoms with Crippen molar-refractivity contribution in [2.45, 2.75) is 6.92 Å². The summed E-state index contributed by atoms with van der Waals surface area (Å²) in [6, 6.07) is 11.0. The summed E-state index contributed by atoms with van der Waals surface area (Å²) in [5.74, 6) is -0.254. The number of rotatable bonds is 3. The molecule has 0 saturated heterocycles. The van der Waals surface area contributed by atoms with Gasteiger partial charge in [0.1, 0.15) is 11.6 Å². The number of aryl methyl sites for hydroxylation is 1. The summed E-state index contributed by atoms with van der Waals surface area (Å²) in [4.78, 5) is 12.2. The summed E-state index contributed by atoms with van der Waals surface area (Å²) >= 11 is 5.06. The molecule has 2 aromatic carbocycles. The van der Waals surface area contributed by atoms with E-state index in [1.165, 1.54) is 31.4 Å². The number of hydrogen-bond donors (Lipinski definition) is 3. The SMILES string of the molecule is COc1ccc(C)cc1C(=O)NNC(=S)Nc1ccc(F)cc1. The maximum absolute atomic E-state index is 12.8. The Bertz CT molecular complexity index is 720. The van der Waals surface area contributed by atoms with Gasteiger partial charge in [0.05, 0.1) is 12.7 Å². The highest BCUT2D eigenvalue weighted by Crippen LogP contribution is 2.19. The number of nitrogens with one attached hydrogen (secondary N) is 3. The minimum Gasteiger partial charge on any atom is -0.496 e. The molecule has 0 radical (unpaired) electrons. The summed E-state index contributed by atoms with van der Waals surface area (Å²) in [6.07, 6.45) is 0. The predicted molar refractivity (Wildman–Crippen MR) is 91.0 cm³/mol. The highest BCUT2D eigenvalue weighted by Gasteiger charge is 2.12. The van der Waals surface area contributed by atoms with Crippen LogP contribution in [0.1, 0.15) is 15.9 Å². The number of carbonyl (C=O) groups excluding carboxylic acids is 1. The third-order valence-electron chi connectivity index (χ3n) is 2.99. The van der Waals surface area contributed by atoms with Crippen molar-refractivity contribution in [3.8, 4) is 5.75 Å². The van der Waals surface area contributed by atoms with Gasteiger partial charge in [0.15, 0.2) is 5.11 Å². The average molecular weight is 333 g/mol. The van der Waals surface area contributed by atoms with Crippen LogP contribution in [0.3, 0.4) is 0 Å². The van der Waals surface area contributed by atoms with E-state index in [0.29, 0.717) is 17.0 Å². The van der Waals surface area contributed by atoms with Crippen LogP contribution in [0.25, 0.3) is 0 Å². The second-order valence-electron chi connectivity index (χ2n) is 4.74. The first-order valence-corrected chi connectivity index (χ1v) is 7.18. The number of thiocarbonyl (C=S) groups is 1. The fraction of sp³-hybridized carbons (Fsp3) is 0.125. The first-order chi connectivity index (χ1) is 11.0. The summed E-state index contributed by atoms with van der Waals surface area (Å²) in [6.45, 7) is 1.88. The van der Waals surface area contributed by atoms with E-state index in [1.807, 2.05) is 13.0 Å². The van der Waals surface area contributed by atoms with Crippen molar-refractivity contribution in [3.05, 3.63) is 59.4 Å². The van der Waals surface area contributed by atoms with Crippen molar-refractivity contribution >= 4 is 28.9 Å². The van der Waals surface area contributed by atoms with Crippen LogP contribution in [0.15, 0.2) is 42.5 Å². The number of ether oxygens (including phenoxy) is 1. The van der Waals surface area contributed by atoms with Crippen molar-refractivity contribution < 1.29 is 13.9 Å². The number of hydrogen-bond acceptors (Lipinski definition) is 3. The van der Waals surface area contributed by atoms with Gasteiger partial charge in [-0.3, -0.25) is 15.6 Å². The highest BCUT2D eigenvalue weighted by molar-refractivity contribution is 7.80. The highest BCUT2D eigenvalue weighted by atomic mass is 32.1. The van der Waals surface area contributed by atoms with Gasteiger partial charge in [-0.15, -0.1) is 0 Å². The lowest BCUT2D eigenvalue weighted by molar-refractivity contribution is 0.0941.